The maximum Gasteiger partial charge on any atom is 0.320 e. The molecule has 102 valence electrons. The molecule has 0 heterocycles. The summed E-state index contributed by atoms with van der Waals surface area (Å²) in [6.07, 6.45) is -0.507. The largest absolute Gasteiger partial charge is 0.468 e. The zero-order chi connectivity index (χ0) is 14.2. The predicted molar refractivity (Wildman–Crippen MR) is 60.2 cm³/mol. The number of esters is 2. The standard InChI is InChI=1S/C13H12F2O4/c1-7(16)19-11-6-13(11,12(17)18-2)8-3-4-9(14)10(15)5-8/h3-5,11H,6H2,1-2H3/t11-,13+/m0/s1. The molecule has 2 atom stereocenters. The summed E-state index contributed by atoms with van der Waals surface area (Å²) in [5.74, 6) is -3.24. The fraction of sp³-hybridized carbons (Fsp3) is 0.385. The second kappa shape index (κ2) is 4.60. The Morgan fingerprint density at radius 1 is 1.32 bits per heavy atom. The molecule has 0 radical (unpaired) electrons. The van der Waals surface area contributed by atoms with Crippen LogP contribution in [0.1, 0.15) is 18.9 Å². The molecule has 0 N–H and O–H groups in total. The lowest BCUT2D eigenvalue weighted by Crippen LogP contribution is -2.28. The lowest BCUT2D eigenvalue weighted by atomic mass is 9.95. The Morgan fingerprint density at radius 3 is 2.53 bits per heavy atom. The smallest absolute Gasteiger partial charge is 0.320 e. The van der Waals surface area contributed by atoms with Crippen LogP contribution in [0.3, 0.4) is 0 Å². The van der Waals surface area contributed by atoms with E-state index in [-0.39, 0.29) is 12.0 Å². The molecule has 4 nitrogen and oxygen atoms in total. The predicted octanol–water partition coefficient (Wildman–Crippen LogP) is 1.71. The van der Waals surface area contributed by atoms with Crippen LogP contribution in [0.15, 0.2) is 18.2 Å². The quantitative estimate of drug-likeness (QED) is 0.785. The Labute approximate surface area is 108 Å². The van der Waals surface area contributed by atoms with Crippen molar-refractivity contribution in [2.24, 2.45) is 0 Å². The average molecular weight is 270 g/mol. The molecule has 0 bridgehead atoms. The number of halogens is 2. The van der Waals surface area contributed by atoms with E-state index in [0.717, 1.165) is 12.1 Å². The fourth-order valence-electron chi connectivity index (χ4n) is 2.17. The van der Waals surface area contributed by atoms with Crippen molar-refractivity contribution in [2.75, 3.05) is 7.11 Å². The van der Waals surface area contributed by atoms with Crippen molar-refractivity contribution in [1.82, 2.24) is 0 Å². The first kappa shape index (κ1) is 13.5. The van der Waals surface area contributed by atoms with Crippen LogP contribution < -0.4 is 0 Å². The second-order valence-corrected chi connectivity index (χ2v) is 4.39. The van der Waals surface area contributed by atoms with Crippen molar-refractivity contribution in [3.63, 3.8) is 0 Å². The Bertz CT molecular complexity index is 543. The van der Waals surface area contributed by atoms with Crippen LogP contribution >= 0.6 is 0 Å². The van der Waals surface area contributed by atoms with Gasteiger partial charge in [-0.15, -0.1) is 0 Å². The van der Waals surface area contributed by atoms with Gasteiger partial charge >= 0.3 is 11.9 Å². The summed E-state index contributed by atoms with van der Waals surface area (Å²) in [4.78, 5) is 22.8. The van der Waals surface area contributed by atoms with Gasteiger partial charge in [0.15, 0.2) is 11.6 Å². The lowest BCUT2D eigenvalue weighted by molar-refractivity contribution is -0.148. The maximum absolute atomic E-state index is 13.3. The van der Waals surface area contributed by atoms with Gasteiger partial charge in [-0.3, -0.25) is 9.59 Å². The first-order valence-corrected chi connectivity index (χ1v) is 5.63. The van der Waals surface area contributed by atoms with Crippen LogP contribution in [-0.2, 0) is 24.5 Å². The molecular formula is C13H12F2O4. The maximum atomic E-state index is 13.3. The van der Waals surface area contributed by atoms with E-state index in [1.54, 1.807) is 0 Å². The molecule has 1 aromatic rings. The average Bonchev–Trinajstić information content (AvgIpc) is 3.06. The van der Waals surface area contributed by atoms with Crippen molar-refractivity contribution in [1.29, 1.82) is 0 Å². The van der Waals surface area contributed by atoms with Crippen LogP contribution in [0.2, 0.25) is 0 Å². The fourth-order valence-corrected chi connectivity index (χ4v) is 2.17. The first-order chi connectivity index (χ1) is 8.91. The Morgan fingerprint density at radius 2 is 2.00 bits per heavy atom. The Balaban J connectivity index is 2.37. The van der Waals surface area contributed by atoms with E-state index in [9.17, 15) is 18.4 Å². The van der Waals surface area contributed by atoms with Gasteiger partial charge in [0.25, 0.3) is 0 Å². The SMILES string of the molecule is COC(=O)[C@@]1(c2ccc(F)c(F)c2)C[C@@H]1OC(C)=O. The third-order valence-corrected chi connectivity index (χ3v) is 3.19. The number of methoxy groups -OCH3 is 1. The van der Waals surface area contributed by atoms with Crippen molar-refractivity contribution in [3.8, 4) is 0 Å². The van der Waals surface area contributed by atoms with E-state index >= 15 is 0 Å². The van der Waals surface area contributed by atoms with E-state index in [4.69, 9.17) is 4.74 Å². The molecular weight excluding hydrogens is 258 g/mol. The minimum absolute atomic E-state index is 0.199. The summed E-state index contributed by atoms with van der Waals surface area (Å²) in [5.41, 5.74) is -0.987. The monoisotopic (exact) mass is 270 g/mol. The van der Waals surface area contributed by atoms with E-state index < -0.39 is 35.1 Å². The van der Waals surface area contributed by atoms with Gasteiger partial charge in [-0.05, 0) is 17.7 Å². The van der Waals surface area contributed by atoms with E-state index in [0.29, 0.717) is 0 Å². The van der Waals surface area contributed by atoms with Gasteiger partial charge in [0.2, 0.25) is 0 Å². The van der Waals surface area contributed by atoms with E-state index in [1.807, 2.05) is 0 Å². The van der Waals surface area contributed by atoms with Crippen LogP contribution in [0.25, 0.3) is 0 Å². The molecule has 1 saturated carbocycles. The minimum Gasteiger partial charge on any atom is -0.468 e. The number of carbonyl (C=O) groups is 2. The van der Waals surface area contributed by atoms with E-state index in [1.165, 1.54) is 20.1 Å². The number of hydrogen-bond donors (Lipinski definition) is 0. The molecule has 6 heteroatoms. The van der Waals surface area contributed by atoms with Gasteiger partial charge < -0.3 is 9.47 Å². The summed E-state index contributed by atoms with van der Waals surface area (Å²) in [6.45, 7) is 1.21. The first-order valence-electron chi connectivity index (χ1n) is 5.63. The number of hydrogen-bond acceptors (Lipinski definition) is 4. The van der Waals surface area contributed by atoms with Crippen molar-refractivity contribution in [3.05, 3.63) is 35.4 Å². The summed E-state index contributed by atoms with van der Waals surface area (Å²) < 4.78 is 35.8. The molecule has 0 aliphatic heterocycles. The van der Waals surface area contributed by atoms with Crippen molar-refractivity contribution >= 4 is 11.9 Å². The summed E-state index contributed by atoms with van der Waals surface area (Å²) >= 11 is 0. The van der Waals surface area contributed by atoms with Crippen LogP contribution in [-0.4, -0.2) is 25.2 Å². The summed E-state index contributed by atoms with van der Waals surface area (Å²) in [5, 5.41) is 0. The lowest BCUT2D eigenvalue weighted by Gasteiger charge is -2.15. The highest BCUT2D eigenvalue weighted by Gasteiger charge is 2.65. The number of benzene rings is 1. The van der Waals surface area contributed by atoms with E-state index in [2.05, 4.69) is 4.74 Å². The Hall–Kier alpha value is -1.98. The minimum atomic E-state index is -1.23. The molecule has 1 aliphatic carbocycles. The molecule has 0 saturated heterocycles. The van der Waals surface area contributed by atoms with Crippen molar-refractivity contribution < 1.29 is 27.8 Å². The highest BCUT2D eigenvalue weighted by atomic mass is 19.2. The third kappa shape index (κ3) is 2.18. The van der Waals surface area contributed by atoms with Gasteiger partial charge in [0.05, 0.1) is 7.11 Å². The number of carbonyl (C=O) groups excluding carboxylic acids is 2. The van der Waals surface area contributed by atoms with Gasteiger partial charge in [0.1, 0.15) is 11.5 Å². The van der Waals surface area contributed by atoms with Crippen molar-refractivity contribution in [2.45, 2.75) is 24.9 Å². The highest BCUT2D eigenvalue weighted by Crippen LogP contribution is 2.51. The van der Waals surface area contributed by atoms with Crippen LogP contribution in [0.4, 0.5) is 8.78 Å². The molecule has 0 aromatic heterocycles. The molecule has 1 aliphatic rings. The molecule has 0 unspecified atom stereocenters. The highest BCUT2D eigenvalue weighted by molar-refractivity contribution is 5.89. The van der Waals surface area contributed by atoms with Crippen LogP contribution in [0, 0.1) is 11.6 Å². The molecule has 0 amide bonds. The molecule has 2 rings (SSSR count). The molecule has 1 aromatic carbocycles. The summed E-state index contributed by atoms with van der Waals surface area (Å²) in [7, 11) is 1.19. The third-order valence-electron chi connectivity index (χ3n) is 3.19. The van der Waals surface area contributed by atoms with Crippen LogP contribution in [0.5, 0.6) is 0 Å². The Kier molecular flexibility index (Phi) is 3.26. The summed E-state index contributed by atoms with van der Waals surface area (Å²) in [6, 6.07) is 3.15. The zero-order valence-electron chi connectivity index (χ0n) is 10.4. The van der Waals surface area contributed by atoms with Gasteiger partial charge in [-0.25, -0.2) is 8.78 Å². The van der Waals surface area contributed by atoms with Gasteiger partial charge in [0, 0.05) is 13.3 Å². The van der Waals surface area contributed by atoms with Gasteiger partial charge in [-0.1, -0.05) is 6.07 Å². The normalized spacial score (nSPS) is 24.7. The topological polar surface area (TPSA) is 52.6 Å². The number of rotatable bonds is 3. The molecule has 0 spiro atoms. The molecule has 1 fully saturated rings. The van der Waals surface area contributed by atoms with Gasteiger partial charge in [-0.2, -0.15) is 0 Å². The second-order valence-electron chi connectivity index (χ2n) is 4.39. The number of ether oxygens (including phenoxy) is 2. The molecule has 19 heavy (non-hydrogen) atoms. The zero-order valence-corrected chi connectivity index (χ0v) is 10.4.